The van der Waals surface area contributed by atoms with Crippen molar-refractivity contribution in [2.24, 2.45) is 5.92 Å². The molecule has 3 heterocycles. The number of carbonyl (C=O) groups excluding carboxylic acids is 2. The first-order chi connectivity index (χ1) is 17.3. The van der Waals surface area contributed by atoms with Gasteiger partial charge in [-0.3, -0.25) is 14.6 Å². The second kappa shape index (κ2) is 10.8. The monoisotopic (exact) mass is 492 g/mol. The van der Waals surface area contributed by atoms with Crippen molar-refractivity contribution in [3.8, 4) is 17.0 Å². The Morgan fingerprint density at radius 3 is 2.67 bits per heavy atom. The molecule has 4 rings (SSSR count). The highest BCUT2D eigenvalue weighted by Gasteiger charge is 2.35. The van der Waals surface area contributed by atoms with Crippen molar-refractivity contribution in [1.82, 2.24) is 19.8 Å². The fourth-order valence-corrected chi connectivity index (χ4v) is 4.22. The maximum Gasteiger partial charge on any atom is 0.259 e. The fourth-order valence-electron chi connectivity index (χ4n) is 4.22. The lowest BCUT2D eigenvalue weighted by Gasteiger charge is -2.37. The van der Waals surface area contributed by atoms with Crippen LogP contribution in [0.2, 0.25) is 0 Å². The lowest BCUT2D eigenvalue weighted by atomic mass is 9.99. The average molecular weight is 493 g/mol. The standard InChI is InChI=1S/C27H29FN4O4/c1-17-14-32(18(2)16-33)27(35)22-12-20(19-8-10-29-11-9-19)13-30-25(22)36-24(17)15-31(3)26(34)21-6-4-5-7-23(21)28/h4-13,17-18,24,33H,14-16H2,1-3H3/t17-,18-,24-/m0/s1. The molecule has 3 aromatic rings. The third kappa shape index (κ3) is 5.21. The van der Waals surface area contributed by atoms with E-state index in [4.69, 9.17) is 4.74 Å². The number of benzene rings is 1. The maximum atomic E-state index is 14.2. The largest absolute Gasteiger partial charge is 0.472 e. The zero-order chi connectivity index (χ0) is 25.8. The molecule has 1 aliphatic heterocycles. The van der Waals surface area contributed by atoms with Crippen LogP contribution in [0.15, 0.2) is 61.1 Å². The summed E-state index contributed by atoms with van der Waals surface area (Å²) >= 11 is 0. The van der Waals surface area contributed by atoms with Crippen LogP contribution >= 0.6 is 0 Å². The summed E-state index contributed by atoms with van der Waals surface area (Å²) in [5.41, 5.74) is 1.81. The molecule has 9 heteroatoms. The Morgan fingerprint density at radius 2 is 1.97 bits per heavy atom. The number of fused-ring (bicyclic) bond motifs is 1. The first-order valence-electron chi connectivity index (χ1n) is 11.8. The van der Waals surface area contributed by atoms with Gasteiger partial charge in [-0.25, -0.2) is 9.37 Å². The minimum Gasteiger partial charge on any atom is -0.472 e. The van der Waals surface area contributed by atoms with Gasteiger partial charge in [-0.1, -0.05) is 19.1 Å². The van der Waals surface area contributed by atoms with Crippen molar-refractivity contribution in [3.05, 3.63) is 78.0 Å². The summed E-state index contributed by atoms with van der Waals surface area (Å²) in [5, 5.41) is 9.83. The molecular formula is C27H29FN4O4. The molecule has 188 valence electrons. The van der Waals surface area contributed by atoms with Crippen LogP contribution in [-0.2, 0) is 0 Å². The Bertz CT molecular complexity index is 1240. The molecule has 0 fully saturated rings. The van der Waals surface area contributed by atoms with Crippen LogP contribution in [0.25, 0.3) is 11.1 Å². The number of rotatable bonds is 6. The zero-order valence-electron chi connectivity index (χ0n) is 20.5. The van der Waals surface area contributed by atoms with E-state index in [2.05, 4.69) is 9.97 Å². The maximum absolute atomic E-state index is 14.2. The van der Waals surface area contributed by atoms with Gasteiger partial charge in [0.15, 0.2) is 0 Å². The fraction of sp³-hybridized carbons (Fsp3) is 0.333. The second-order valence-corrected chi connectivity index (χ2v) is 9.10. The van der Waals surface area contributed by atoms with Crippen LogP contribution in [0.5, 0.6) is 5.88 Å². The summed E-state index contributed by atoms with van der Waals surface area (Å²) in [5.74, 6) is -1.42. The molecule has 36 heavy (non-hydrogen) atoms. The Kier molecular flexibility index (Phi) is 7.59. The van der Waals surface area contributed by atoms with Crippen molar-refractivity contribution >= 4 is 11.8 Å². The van der Waals surface area contributed by atoms with E-state index in [0.717, 1.165) is 11.1 Å². The summed E-state index contributed by atoms with van der Waals surface area (Å²) < 4.78 is 20.4. The summed E-state index contributed by atoms with van der Waals surface area (Å²) in [6.07, 6.45) is 4.40. The highest BCUT2D eigenvalue weighted by Crippen LogP contribution is 2.30. The van der Waals surface area contributed by atoms with E-state index >= 15 is 0 Å². The molecule has 1 aliphatic rings. The topological polar surface area (TPSA) is 95.9 Å². The molecular weight excluding hydrogens is 463 g/mol. The summed E-state index contributed by atoms with van der Waals surface area (Å²) in [6.45, 7) is 3.92. The number of aliphatic hydroxyl groups excluding tert-OH is 1. The van der Waals surface area contributed by atoms with Crippen LogP contribution in [0.3, 0.4) is 0 Å². The molecule has 1 aromatic carbocycles. The number of aliphatic hydroxyl groups is 1. The van der Waals surface area contributed by atoms with E-state index in [9.17, 15) is 19.1 Å². The number of halogens is 1. The molecule has 0 spiro atoms. The van der Waals surface area contributed by atoms with E-state index in [1.165, 1.54) is 23.1 Å². The Labute approximate surface area is 209 Å². The molecule has 0 radical (unpaired) electrons. The predicted molar refractivity (Wildman–Crippen MR) is 132 cm³/mol. The SMILES string of the molecule is C[C@H]1CN([C@@H](C)CO)C(=O)c2cc(-c3ccncc3)cnc2O[C@H]1CN(C)C(=O)c1ccccc1F. The van der Waals surface area contributed by atoms with Crippen LogP contribution < -0.4 is 4.74 Å². The number of hydrogen-bond donors (Lipinski definition) is 1. The number of ether oxygens (including phenoxy) is 1. The lowest BCUT2D eigenvalue weighted by molar-refractivity contribution is 0.0312. The van der Waals surface area contributed by atoms with Gasteiger partial charge < -0.3 is 19.6 Å². The summed E-state index contributed by atoms with van der Waals surface area (Å²) in [6, 6.07) is 10.8. The van der Waals surface area contributed by atoms with Gasteiger partial charge in [0.25, 0.3) is 11.8 Å². The van der Waals surface area contributed by atoms with Gasteiger partial charge >= 0.3 is 0 Å². The first-order valence-corrected chi connectivity index (χ1v) is 11.8. The summed E-state index contributed by atoms with van der Waals surface area (Å²) in [7, 11) is 1.59. The quantitative estimate of drug-likeness (QED) is 0.568. The van der Waals surface area contributed by atoms with Crippen molar-refractivity contribution in [1.29, 1.82) is 0 Å². The molecule has 3 atom stereocenters. The number of aromatic nitrogens is 2. The second-order valence-electron chi connectivity index (χ2n) is 9.10. The Hall–Kier alpha value is -3.85. The molecule has 1 N–H and O–H groups in total. The minimum absolute atomic E-state index is 0.0234. The third-order valence-electron chi connectivity index (χ3n) is 6.44. The number of hydrogen-bond acceptors (Lipinski definition) is 6. The number of likely N-dealkylation sites (N-methyl/N-ethyl adjacent to an activating group) is 1. The van der Waals surface area contributed by atoms with Crippen molar-refractivity contribution in [3.63, 3.8) is 0 Å². The van der Waals surface area contributed by atoms with Gasteiger partial charge in [-0.15, -0.1) is 0 Å². The van der Waals surface area contributed by atoms with Gasteiger partial charge in [-0.2, -0.15) is 0 Å². The first kappa shape index (κ1) is 25.2. The molecule has 0 bridgehead atoms. The number of nitrogens with zero attached hydrogens (tertiary/aromatic N) is 4. The highest BCUT2D eigenvalue weighted by molar-refractivity contribution is 5.98. The number of pyridine rings is 2. The third-order valence-corrected chi connectivity index (χ3v) is 6.44. The lowest BCUT2D eigenvalue weighted by Crippen LogP contribution is -2.50. The van der Waals surface area contributed by atoms with E-state index in [0.29, 0.717) is 6.54 Å². The number of carbonyl (C=O) groups is 2. The van der Waals surface area contributed by atoms with E-state index < -0.39 is 23.9 Å². The molecule has 2 amide bonds. The van der Waals surface area contributed by atoms with Gasteiger partial charge in [0.2, 0.25) is 5.88 Å². The van der Waals surface area contributed by atoms with Crippen molar-refractivity contribution < 1.29 is 23.8 Å². The minimum atomic E-state index is -0.592. The van der Waals surface area contributed by atoms with Crippen LogP contribution in [0, 0.1) is 11.7 Å². The van der Waals surface area contributed by atoms with Crippen LogP contribution in [0.1, 0.15) is 34.6 Å². The normalized spacial score (nSPS) is 18.5. The molecule has 0 saturated carbocycles. The average Bonchev–Trinajstić information content (AvgIpc) is 2.90. The highest BCUT2D eigenvalue weighted by atomic mass is 19.1. The smallest absolute Gasteiger partial charge is 0.259 e. The van der Waals surface area contributed by atoms with Gasteiger partial charge in [0.1, 0.15) is 17.5 Å². The Balaban J connectivity index is 1.68. The van der Waals surface area contributed by atoms with E-state index in [1.807, 2.05) is 19.1 Å². The Morgan fingerprint density at radius 1 is 1.25 bits per heavy atom. The molecule has 2 aromatic heterocycles. The molecule has 0 saturated heterocycles. The van der Waals surface area contributed by atoms with Gasteiger partial charge in [0, 0.05) is 43.7 Å². The van der Waals surface area contributed by atoms with E-state index in [1.54, 1.807) is 49.6 Å². The predicted octanol–water partition coefficient (Wildman–Crippen LogP) is 3.28. The number of amides is 2. The van der Waals surface area contributed by atoms with Crippen LogP contribution in [0.4, 0.5) is 4.39 Å². The van der Waals surface area contributed by atoms with E-state index in [-0.39, 0.29) is 42.0 Å². The van der Waals surface area contributed by atoms with Crippen molar-refractivity contribution in [2.75, 3.05) is 26.7 Å². The van der Waals surface area contributed by atoms with Gasteiger partial charge in [0.05, 0.1) is 24.8 Å². The summed E-state index contributed by atoms with van der Waals surface area (Å²) in [4.78, 5) is 38.0. The molecule has 0 unspecified atom stereocenters. The molecule has 0 aliphatic carbocycles. The molecule has 8 nitrogen and oxygen atoms in total. The van der Waals surface area contributed by atoms with Crippen LogP contribution in [-0.4, -0.2) is 75.6 Å². The van der Waals surface area contributed by atoms with Gasteiger partial charge in [-0.05, 0) is 42.8 Å². The zero-order valence-corrected chi connectivity index (χ0v) is 20.5. The van der Waals surface area contributed by atoms with Crippen molar-refractivity contribution in [2.45, 2.75) is 26.0 Å².